The minimum absolute atomic E-state index is 0.0873. The van der Waals surface area contributed by atoms with E-state index in [1.807, 2.05) is 0 Å². The van der Waals surface area contributed by atoms with Gasteiger partial charge in [0.05, 0.1) is 21.4 Å². The Morgan fingerprint density at radius 2 is 2.00 bits per heavy atom. The van der Waals surface area contributed by atoms with Gasteiger partial charge in [-0.25, -0.2) is 4.98 Å². The summed E-state index contributed by atoms with van der Waals surface area (Å²) in [6, 6.07) is 9.22. The first-order valence-corrected chi connectivity index (χ1v) is 6.45. The maximum Gasteiger partial charge on any atom is 0.273 e. The number of benzene rings is 2. The lowest BCUT2D eigenvalue weighted by atomic mass is 10.1. The maximum absolute atomic E-state index is 12.1. The zero-order valence-corrected chi connectivity index (χ0v) is 11.5. The van der Waals surface area contributed by atoms with Crippen molar-refractivity contribution in [1.82, 2.24) is 9.97 Å². The third-order valence-corrected chi connectivity index (χ3v) is 3.38. The number of H-pyrrole nitrogens is 1. The van der Waals surface area contributed by atoms with Crippen LogP contribution in [0.4, 0.5) is 5.69 Å². The Bertz CT molecular complexity index is 963. The monoisotopic (exact) mass is 297 g/mol. The number of aromatic amines is 1. The minimum Gasteiger partial charge on any atom is -0.507 e. The van der Waals surface area contributed by atoms with Gasteiger partial charge in [0.15, 0.2) is 0 Å². The van der Waals surface area contributed by atoms with Crippen LogP contribution in [0.5, 0.6) is 5.75 Å². The lowest BCUT2D eigenvalue weighted by Gasteiger charge is -2.07. The number of phenols is 1. The molecule has 0 saturated heterocycles. The molecule has 2 aromatic carbocycles. The number of aromatic nitrogens is 2. The number of hydrogen-bond acceptors (Lipinski definition) is 5. The molecule has 7 heteroatoms. The summed E-state index contributed by atoms with van der Waals surface area (Å²) in [4.78, 5) is 29.3. The van der Waals surface area contributed by atoms with E-state index in [1.54, 1.807) is 24.3 Å². The van der Waals surface area contributed by atoms with Crippen LogP contribution in [0.1, 0.15) is 5.56 Å². The molecule has 3 rings (SSSR count). The highest BCUT2D eigenvalue weighted by Gasteiger charge is 2.18. The number of fused-ring (bicyclic) bond motifs is 1. The number of aromatic hydroxyl groups is 1. The molecule has 7 nitrogen and oxygen atoms in total. The van der Waals surface area contributed by atoms with Crippen LogP contribution < -0.4 is 5.56 Å². The molecule has 0 unspecified atom stereocenters. The average molecular weight is 297 g/mol. The van der Waals surface area contributed by atoms with Crippen LogP contribution in [-0.2, 0) is 0 Å². The van der Waals surface area contributed by atoms with Gasteiger partial charge in [0, 0.05) is 11.6 Å². The van der Waals surface area contributed by atoms with E-state index in [1.165, 1.54) is 19.1 Å². The van der Waals surface area contributed by atoms with Crippen molar-refractivity contribution in [3.05, 3.63) is 62.4 Å². The van der Waals surface area contributed by atoms with Gasteiger partial charge in [-0.3, -0.25) is 14.9 Å². The van der Waals surface area contributed by atoms with Gasteiger partial charge in [0.2, 0.25) is 0 Å². The number of nitrogens with zero attached hydrogens (tertiary/aromatic N) is 2. The number of para-hydroxylation sites is 1. The van der Waals surface area contributed by atoms with Crippen molar-refractivity contribution in [1.29, 1.82) is 0 Å². The third-order valence-electron chi connectivity index (χ3n) is 3.38. The van der Waals surface area contributed by atoms with Crippen molar-refractivity contribution in [3.63, 3.8) is 0 Å². The van der Waals surface area contributed by atoms with E-state index in [0.29, 0.717) is 16.5 Å². The largest absolute Gasteiger partial charge is 0.507 e. The molecule has 3 aromatic rings. The van der Waals surface area contributed by atoms with E-state index in [-0.39, 0.29) is 28.4 Å². The standard InChI is InChI=1S/C15H11N3O4/c1-8-6-13(19)10(7-12(8)18(21)22)14-16-11-5-3-2-4-9(11)15(20)17-14/h2-7,19H,1H3,(H,16,17,20). The molecule has 22 heavy (non-hydrogen) atoms. The number of phenolic OH excluding ortho intramolecular Hbond substituents is 1. The highest BCUT2D eigenvalue weighted by molar-refractivity contribution is 5.80. The molecule has 1 heterocycles. The first-order valence-electron chi connectivity index (χ1n) is 6.45. The predicted octanol–water partition coefficient (Wildman–Crippen LogP) is 2.51. The molecule has 0 bridgehead atoms. The van der Waals surface area contributed by atoms with E-state index < -0.39 is 4.92 Å². The summed E-state index contributed by atoms with van der Waals surface area (Å²) in [7, 11) is 0. The Kier molecular flexibility index (Phi) is 3.10. The van der Waals surface area contributed by atoms with Crippen molar-refractivity contribution in [2.24, 2.45) is 0 Å². The molecule has 0 aliphatic rings. The molecule has 2 N–H and O–H groups in total. The second-order valence-electron chi connectivity index (χ2n) is 4.84. The van der Waals surface area contributed by atoms with Crippen molar-refractivity contribution in [2.75, 3.05) is 0 Å². The summed E-state index contributed by atoms with van der Waals surface area (Å²) >= 11 is 0. The van der Waals surface area contributed by atoms with Crippen LogP contribution in [-0.4, -0.2) is 20.0 Å². The molecule has 0 fully saturated rings. The second kappa shape index (κ2) is 4.96. The van der Waals surface area contributed by atoms with Gasteiger partial charge < -0.3 is 10.1 Å². The number of hydrogen-bond donors (Lipinski definition) is 2. The molecular weight excluding hydrogens is 286 g/mol. The molecule has 0 saturated carbocycles. The molecule has 0 aliphatic heterocycles. The molecule has 0 spiro atoms. The maximum atomic E-state index is 12.1. The van der Waals surface area contributed by atoms with Crippen molar-refractivity contribution < 1.29 is 10.0 Å². The van der Waals surface area contributed by atoms with E-state index in [9.17, 15) is 20.0 Å². The summed E-state index contributed by atoms with van der Waals surface area (Å²) in [5, 5.41) is 21.5. The number of aryl methyl sites for hydroxylation is 1. The summed E-state index contributed by atoms with van der Waals surface area (Å²) in [5.74, 6) is -0.0918. The van der Waals surface area contributed by atoms with Crippen molar-refractivity contribution in [3.8, 4) is 17.1 Å². The van der Waals surface area contributed by atoms with Crippen LogP contribution >= 0.6 is 0 Å². The fourth-order valence-corrected chi connectivity index (χ4v) is 2.28. The smallest absolute Gasteiger partial charge is 0.273 e. The number of rotatable bonds is 2. The Labute approximate surface area is 124 Å². The number of nitrogens with one attached hydrogen (secondary N) is 1. The SMILES string of the molecule is Cc1cc(O)c(-c2nc3ccccc3c(=O)[nH]2)cc1[N+](=O)[O-]. The normalized spacial score (nSPS) is 10.8. The van der Waals surface area contributed by atoms with E-state index in [2.05, 4.69) is 9.97 Å². The zero-order chi connectivity index (χ0) is 15.9. The van der Waals surface area contributed by atoms with Gasteiger partial charge in [0.1, 0.15) is 11.6 Å². The molecule has 0 radical (unpaired) electrons. The summed E-state index contributed by atoms with van der Waals surface area (Å²) < 4.78 is 0. The summed E-state index contributed by atoms with van der Waals surface area (Å²) in [5.41, 5.74) is 0.366. The Morgan fingerprint density at radius 1 is 1.27 bits per heavy atom. The van der Waals surface area contributed by atoms with Gasteiger partial charge in [-0.2, -0.15) is 0 Å². The van der Waals surface area contributed by atoms with Crippen LogP contribution in [0.15, 0.2) is 41.2 Å². The van der Waals surface area contributed by atoms with Gasteiger partial charge >= 0.3 is 0 Å². The first kappa shape index (κ1) is 13.7. The average Bonchev–Trinajstić information content (AvgIpc) is 2.47. The molecule has 110 valence electrons. The first-order chi connectivity index (χ1) is 10.5. The Balaban J connectivity index is 2.30. The highest BCUT2D eigenvalue weighted by atomic mass is 16.6. The minimum atomic E-state index is -0.544. The number of nitro benzene ring substituents is 1. The quantitative estimate of drug-likeness (QED) is 0.558. The van der Waals surface area contributed by atoms with Gasteiger partial charge in [-0.1, -0.05) is 12.1 Å². The topological polar surface area (TPSA) is 109 Å². The van der Waals surface area contributed by atoms with Crippen molar-refractivity contribution in [2.45, 2.75) is 6.92 Å². The Morgan fingerprint density at radius 3 is 2.73 bits per heavy atom. The van der Waals surface area contributed by atoms with Crippen molar-refractivity contribution >= 4 is 16.6 Å². The van der Waals surface area contributed by atoms with Crippen LogP contribution in [0, 0.1) is 17.0 Å². The lowest BCUT2D eigenvalue weighted by molar-refractivity contribution is -0.385. The Hall–Kier alpha value is -3.22. The lowest BCUT2D eigenvalue weighted by Crippen LogP contribution is -2.09. The highest BCUT2D eigenvalue weighted by Crippen LogP contribution is 2.33. The second-order valence-corrected chi connectivity index (χ2v) is 4.84. The number of nitro groups is 1. The van der Waals surface area contributed by atoms with Crippen LogP contribution in [0.25, 0.3) is 22.3 Å². The molecule has 1 aromatic heterocycles. The summed E-state index contributed by atoms with van der Waals surface area (Å²) in [6.07, 6.45) is 0. The van der Waals surface area contributed by atoms with E-state index in [4.69, 9.17) is 0 Å². The zero-order valence-electron chi connectivity index (χ0n) is 11.5. The molecular formula is C15H11N3O4. The fourth-order valence-electron chi connectivity index (χ4n) is 2.28. The molecule has 0 aliphatic carbocycles. The van der Waals surface area contributed by atoms with E-state index >= 15 is 0 Å². The summed E-state index contributed by atoms with van der Waals surface area (Å²) in [6.45, 7) is 1.53. The molecule has 0 amide bonds. The predicted molar refractivity (Wildman–Crippen MR) is 80.9 cm³/mol. The van der Waals surface area contributed by atoms with Crippen LogP contribution in [0.3, 0.4) is 0 Å². The van der Waals surface area contributed by atoms with Gasteiger partial charge in [-0.05, 0) is 25.1 Å². The third kappa shape index (κ3) is 2.18. The van der Waals surface area contributed by atoms with Gasteiger partial charge in [0.25, 0.3) is 11.2 Å². The van der Waals surface area contributed by atoms with Crippen LogP contribution in [0.2, 0.25) is 0 Å². The van der Waals surface area contributed by atoms with E-state index in [0.717, 1.165) is 0 Å². The van der Waals surface area contributed by atoms with Gasteiger partial charge in [-0.15, -0.1) is 0 Å². The molecule has 0 atom stereocenters. The fraction of sp³-hybridized carbons (Fsp3) is 0.0667.